The smallest absolute Gasteiger partial charge is 0.313 e. The molecule has 2 saturated heterocycles. The maximum absolute atomic E-state index is 12.8. The standard InChI is InChI=1S/C18H24N4O3/c1-12-15(6-19-11-20-12)16(23)22-8-13-7-21(14-4-2-3-5-14)9-18(13,10-22)17(24)25/h6,11,13-14H,2-5,7-10H2,1H3,(H,24,25)/t13-,18-/m1/s1. The maximum atomic E-state index is 12.8. The zero-order chi connectivity index (χ0) is 17.6. The van der Waals surface area contributed by atoms with E-state index < -0.39 is 11.4 Å². The van der Waals surface area contributed by atoms with Crippen molar-refractivity contribution < 1.29 is 14.7 Å². The average molecular weight is 344 g/mol. The van der Waals surface area contributed by atoms with Crippen LogP contribution in [-0.2, 0) is 4.79 Å². The highest BCUT2D eigenvalue weighted by atomic mass is 16.4. The largest absolute Gasteiger partial charge is 0.481 e. The van der Waals surface area contributed by atoms with Crippen molar-refractivity contribution in [1.29, 1.82) is 0 Å². The van der Waals surface area contributed by atoms with Gasteiger partial charge in [-0.05, 0) is 19.8 Å². The molecule has 4 rings (SSSR count). The zero-order valence-corrected chi connectivity index (χ0v) is 14.5. The van der Waals surface area contributed by atoms with Gasteiger partial charge in [0.15, 0.2) is 0 Å². The fraction of sp³-hybridized carbons (Fsp3) is 0.667. The summed E-state index contributed by atoms with van der Waals surface area (Å²) in [6.45, 7) is 3.91. The van der Waals surface area contributed by atoms with E-state index in [2.05, 4.69) is 14.9 Å². The van der Waals surface area contributed by atoms with Crippen LogP contribution in [0.3, 0.4) is 0 Å². The van der Waals surface area contributed by atoms with E-state index in [9.17, 15) is 14.7 Å². The molecule has 2 atom stereocenters. The number of rotatable bonds is 3. The topological polar surface area (TPSA) is 86.6 Å². The van der Waals surface area contributed by atoms with Gasteiger partial charge in [-0.2, -0.15) is 0 Å². The second kappa shape index (κ2) is 6.05. The summed E-state index contributed by atoms with van der Waals surface area (Å²) in [5.41, 5.74) is 0.270. The molecule has 1 amide bonds. The average Bonchev–Trinajstić information content (AvgIpc) is 3.28. The molecule has 7 nitrogen and oxygen atoms in total. The third-order valence-corrected chi connectivity index (χ3v) is 6.33. The summed E-state index contributed by atoms with van der Waals surface area (Å²) in [6, 6.07) is 0.524. The molecular formula is C18H24N4O3. The highest BCUT2D eigenvalue weighted by molar-refractivity contribution is 5.95. The van der Waals surface area contributed by atoms with Crippen LogP contribution in [0.25, 0.3) is 0 Å². The lowest BCUT2D eigenvalue weighted by atomic mass is 9.81. The van der Waals surface area contributed by atoms with Gasteiger partial charge in [-0.25, -0.2) is 9.97 Å². The van der Waals surface area contributed by atoms with Crippen LogP contribution in [0.4, 0.5) is 0 Å². The van der Waals surface area contributed by atoms with E-state index in [0.717, 1.165) is 6.54 Å². The van der Waals surface area contributed by atoms with Crippen LogP contribution in [-0.4, -0.2) is 69.0 Å². The lowest BCUT2D eigenvalue weighted by Gasteiger charge is -2.28. The number of aliphatic carboxylic acids is 1. The van der Waals surface area contributed by atoms with Crippen LogP contribution in [0.15, 0.2) is 12.5 Å². The number of aryl methyl sites for hydroxylation is 1. The number of fused-ring (bicyclic) bond motifs is 1. The SMILES string of the molecule is Cc1ncncc1C(=O)N1C[C@H]2CN(C3CCCC3)C[C@@]2(C(=O)O)C1. The Kier molecular flexibility index (Phi) is 3.98. The van der Waals surface area contributed by atoms with Crippen LogP contribution in [0.2, 0.25) is 0 Å². The van der Waals surface area contributed by atoms with Gasteiger partial charge < -0.3 is 10.0 Å². The quantitative estimate of drug-likeness (QED) is 0.886. The summed E-state index contributed by atoms with van der Waals surface area (Å²) in [4.78, 5) is 37.1. The van der Waals surface area contributed by atoms with Gasteiger partial charge in [-0.15, -0.1) is 0 Å². The molecule has 1 aromatic heterocycles. The Morgan fingerprint density at radius 2 is 2.00 bits per heavy atom. The van der Waals surface area contributed by atoms with Crippen molar-refractivity contribution in [3.63, 3.8) is 0 Å². The first kappa shape index (κ1) is 16.4. The molecule has 1 aliphatic carbocycles. The maximum Gasteiger partial charge on any atom is 0.313 e. The third kappa shape index (κ3) is 2.61. The molecule has 25 heavy (non-hydrogen) atoms. The number of hydrogen-bond acceptors (Lipinski definition) is 5. The Labute approximate surface area is 147 Å². The van der Waals surface area contributed by atoms with Crippen LogP contribution >= 0.6 is 0 Å². The molecule has 2 aliphatic heterocycles. The number of hydrogen-bond donors (Lipinski definition) is 1. The van der Waals surface area contributed by atoms with E-state index >= 15 is 0 Å². The number of likely N-dealkylation sites (tertiary alicyclic amines) is 2. The van der Waals surface area contributed by atoms with Crippen molar-refractivity contribution in [2.75, 3.05) is 26.2 Å². The first-order valence-corrected chi connectivity index (χ1v) is 9.04. The predicted octanol–water partition coefficient (Wildman–Crippen LogP) is 1.19. The molecule has 1 aromatic rings. The van der Waals surface area contributed by atoms with Gasteiger partial charge in [0.2, 0.25) is 0 Å². The number of carbonyl (C=O) groups excluding carboxylic acids is 1. The number of amides is 1. The molecule has 1 saturated carbocycles. The summed E-state index contributed by atoms with van der Waals surface area (Å²) in [6.07, 6.45) is 7.77. The Morgan fingerprint density at radius 3 is 2.64 bits per heavy atom. The molecule has 3 fully saturated rings. The minimum Gasteiger partial charge on any atom is -0.481 e. The van der Waals surface area contributed by atoms with Crippen molar-refractivity contribution in [1.82, 2.24) is 19.8 Å². The van der Waals surface area contributed by atoms with Gasteiger partial charge in [0, 0.05) is 44.3 Å². The van der Waals surface area contributed by atoms with E-state index in [1.807, 2.05) is 0 Å². The number of carboxylic acids is 1. The lowest BCUT2D eigenvalue weighted by Crippen LogP contribution is -2.43. The monoisotopic (exact) mass is 344 g/mol. The van der Waals surface area contributed by atoms with E-state index in [-0.39, 0.29) is 18.4 Å². The Bertz CT molecular complexity index is 703. The first-order valence-electron chi connectivity index (χ1n) is 9.04. The summed E-state index contributed by atoms with van der Waals surface area (Å²) < 4.78 is 0. The summed E-state index contributed by atoms with van der Waals surface area (Å²) in [5, 5.41) is 9.97. The molecular weight excluding hydrogens is 320 g/mol. The minimum atomic E-state index is -0.832. The van der Waals surface area contributed by atoms with Crippen LogP contribution < -0.4 is 0 Å². The summed E-state index contributed by atoms with van der Waals surface area (Å²) in [5.74, 6) is -0.922. The Hall–Kier alpha value is -2.02. The van der Waals surface area contributed by atoms with Gasteiger partial charge in [0.25, 0.3) is 5.91 Å². The number of carboxylic acid groups (broad SMARTS) is 1. The summed E-state index contributed by atoms with van der Waals surface area (Å²) >= 11 is 0. The fourth-order valence-corrected chi connectivity index (χ4v) is 4.88. The Morgan fingerprint density at radius 1 is 1.24 bits per heavy atom. The molecule has 0 bridgehead atoms. The summed E-state index contributed by atoms with van der Waals surface area (Å²) in [7, 11) is 0. The van der Waals surface area contributed by atoms with Crippen molar-refractivity contribution in [3.05, 3.63) is 23.8 Å². The van der Waals surface area contributed by atoms with E-state index in [0.29, 0.717) is 30.4 Å². The molecule has 0 unspecified atom stereocenters. The molecule has 0 spiro atoms. The molecule has 7 heteroatoms. The van der Waals surface area contributed by atoms with Gasteiger partial charge in [-0.1, -0.05) is 12.8 Å². The van der Waals surface area contributed by atoms with Crippen molar-refractivity contribution >= 4 is 11.9 Å². The second-order valence-electron chi connectivity index (χ2n) is 7.73. The predicted molar refractivity (Wildman–Crippen MR) is 90.1 cm³/mol. The van der Waals surface area contributed by atoms with Crippen molar-refractivity contribution in [2.45, 2.75) is 38.6 Å². The van der Waals surface area contributed by atoms with Gasteiger partial charge in [0.05, 0.1) is 11.3 Å². The number of nitrogens with zero attached hydrogens (tertiary/aromatic N) is 4. The van der Waals surface area contributed by atoms with Gasteiger partial charge in [-0.3, -0.25) is 14.5 Å². The molecule has 0 aromatic carbocycles. The normalized spacial score (nSPS) is 30.0. The Balaban J connectivity index is 1.54. The van der Waals surface area contributed by atoms with Crippen LogP contribution in [0.5, 0.6) is 0 Å². The van der Waals surface area contributed by atoms with Crippen LogP contribution in [0, 0.1) is 18.3 Å². The highest BCUT2D eigenvalue weighted by Crippen LogP contribution is 2.45. The molecule has 134 valence electrons. The number of aromatic nitrogens is 2. The van der Waals surface area contributed by atoms with E-state index in [4.69, 9.17) is 0 Å². The van der Waals surface area contributed by atoms with Crippen molar-refractivity contribution in [2.24, 2.45) is 11.3 Å². The van der Waals surface area contributed by atoms with E-state index in [1.54, 1.807) is 11.8 Å². The van der Waals surface area contributed by atoms with Gasteiger partial charge in [0.1, 0.15) is 11.7 Å². The third-order valence-electron chi connectivity index (χ3n) is 6.33. The second-order valence-corrected chi connectivity index (χ2v) is 7.73. The van der Waals surface area contributed by atoms with E-state index in [1.165, 1.54) is 38.2 Å². The van der Waals surface area contributed by atoms with Crippen LogP contribution in [0.1, 0.15) is 41.7 Å². The molecule has 3 heterocycles. The zero-order valence-electron chi connectivity index (χ0n) is 14.5. The van der Waals surface area contributed by atoms with Gasteiger partial charge >= 0.3 is 5.97 Å². The number of carbonyl (C=O) groups is 2. The molecule has 0 radical (unpaired) electrons. The molecule has 3 aliphatic rings. The highest BCUT2D eigenvalue weighted by Gasteiger charge is 2.59. The first-order chi connectivity index (χ1) is 12.0. The molecule has 1 N–H and O–H groups in total. The lowest BCUT2D eigenvalue weighted by molar-refractivity contribution is -0.148. The fourth-order valence-electron chi connectivity index (χ4n) is 4.88. The van der Waals surface area contributed by atoms with Crippen molar-refractivity contribution in [3.8, 4) is 0 Å². The minimum absolute atomic E-state index is 0.000475.